The van der Waals surface area contributed by atoms with Crippen LogP contribution in [0.25, 0.3) is 0 Å². The molecule has 2 rings (SSSR count). The van der Waals surface area contributed by atoms with Gasteiger partial charge in [-0.15, -0.1) is 0 Å². The molecule has 0 unspecified atom stereocenters. The second-order valence-electron chi connectivity index (χ2n) is 3.50. The summed E-state index contributed by atoms with van der Waals surface area (Å²) >= 11 is 0. The molecule has 0 spiro atoms. The van der Waals surface area contributed by atoms with Gasteiger partial charge in [0.2, 0.25) is 0 Å². The van der Waals surface area contributed by atoms with Gasteiger partial charge in [0, 0.05) is 20.1 Å². The van der Waals surface area contributed by atoms with Crippen LogP contribution in [0.1, 0.15) is 0 Å². The zero-order valence-electron chi connectivity index (χ0n) is 8.07. The molecule has 1 aliphatic heterocycles. The van der Waals surface area contributed by atoms with Crippen molar-refractivity contribution in [3.8, 4) is 0 Å². The van der Waals surface area contributed by atoms with Crippen molar-refractivity contribution in [2.45, 2.75) is 0 Å². The third-order valence-corrected chi connectivity index (χ3v) is 2.49. The lowest BCUT2D eigenvalue weighted by atomic mass is 9.80. The summed E-state index contributed by atoms with van der Waals surface area (Å²) in [5.74, 6) is 0. The molecule has 3 N–H and O–H groups in total. The van der Waals surface area contributed by atoms with E-state index in [9.17, 15) is 0 Å². The lowest BCUT2D eigenvalue weighted by molar-refractivity contribution is 0.426. The maximum Gasteiger partial charge on any atom is 0.488 e. The molecule has 0 radical (unpaired) electrons. The number of likely N-dealkylation sites (N-methyl/N-ethyl adjacent to an activating group) is 1. The van der Waals surface area contributed by atoms with E-state index in [0.717, 1.165) is 24.5 Å². The third-order valence-electron chi connectivity index (χ3n) is 2.49. The molecule has 1 aromatic carbocycles. The van der Waals surface area contributed by atoms with Gasteiger partial charge in [-0.3, -0.25) is 0 Å². The molecular formula is C9H13BN2O2. The third kappa shape index (κ3) is 1.56. The Hall–Kier alpha value is -1.20. The predicted molar refractivity (Wildman–Crippen MR) is 58.0 cm³/mol. The van der Waals surface area contributed by atoms with E-state index in [0.29, 0.717) is 5.46 Å². The van der Waals surface area contributed by atoms with Crippen LogP contribution in [0.15, 0.2) is 18.2 Å². The van der Waals surface area contributed by atoms with Gasteiger partial charge >= 0.3 is 7.12 Å². The van der Waals surface area contributed by atoms with Crippen molar-refractivity contribution in [2.75, 3.05) is 30.4 Å². The molecule has 0 amide bonds. The largest absolute Gasteiger partial charge is 0.488 e. The molecule has 0 aromatic heterocycles. The highest BCUT2D eigenvalue weighted by Gasteiger charge is 2.17. The van der Waals surface area contributed by atoms with Crippen LogP contribution in [0.4, 0.5) is 11.4 Å². The Morgan fingerprint density at radius 2 is 2.21 bits per heavy atom. The topological polar surface area (TPSA) is 55.7 Å². The van der Waals surface area contributed by atoms with E-state index < -0.39 is 7.12 Å². The fraction of sp³-hybridized carbons (Fsp3) is 0.333. The van der Waals surface area contributed by atoms with E-state index >= 15 is 0 Å². The molecule has 0 fully saturated rings. The van der Waals surface area contributed by atoms with Gasteiger partial charge in [0.25, 0.3) is 0 Å². The minimum Gasteiger partial charge on any atom is -0.423 e. The monoisotopic (exact) mass is 192 g/mol. The predicted octanol–water partition coefficient (Wildman–Crippen LogP) is -0.772. The van der Waals surface area contributed by atoms with Crippen molar-refractivity contribution in [1.29, 1.82) is 0 Å². The fourth-order valence-electron chi connectivity index (χ4n) is 1.67. The Labute approximate surface area is 83.3 Å². The van der Waals surface area contributed by atoms with E-state index in [1.54, 1.807) is 12.1 Å². The first-order valence-corrected chi connectivity index (χ1v) is 4.63. The van der Waals surface area contributed by atoms with Gasteiger partial charge in [-0.1, -0.05) is 6.07 Å². The molecule has 0 aliphatic carbocycles. The highest BCUT2D eigenvalue weighted by Crippen LogP contribution is 2.26. The van der Waals surface area contributed by atoms with E-state index in [2.05, 4.69) is 10.2 Å². The van der Waals surface area contributed by atoms with Crippen molar-refractivity contribution < 1.29 is 10.0 Å². The minimum absolute atomic E-state index is 0.520. The summed E-state index contributed by atoms with van der Waals surface area (Å²) in [5, 5.41) is 21.2. The normalized spacial score (nSPS) is 14.6. The van der Waals surface area contributed by atoms with Crippen LogP contribution in [0.2, 0.25) is 0 Å². The van der Waals surface area contributed by atoms with Crippen molar-refractivity contribution in [1.82, 2.24) is 0 Å². The Bertz CT molecular complexity index is 344. The lowest BCUT2D eigenvalue weighted by Gasteiger charge is -2.28. The smallest absolute Gasteiger partial charge is 0.423 e. The summed E-state index contributed by atoms with van der Waals surface area (Å²) in [6.45, 7) is 1.85. The molecule has 1 aromatic rings. The van der Waals surface area contributed by atoms with Gasteiger partial charge < -0.3 is 20.3 Å². The second kappa shape index (κ2) is 3.51. The van der Waals surface area contributed by atoms with Crippen LogP contribution in [0.3, 0.4) is 0 Å². The highest BCUT2D eigenvalue weighted by molar-refractivity contribution is 6.58. The Kier molecular flexibility index (Phi) is 2.35. The molecule has 14 heavy (non-hydrogen) atoms. The van der Waals surface area contributed by atoms with Gasteiger partial charge in [0.15, 0.2) is 0 Å². The summed E-state index contributed by atoms with van der Waals surface area (Å²) in [5.41, 5.74) is 2.58. The van der Waals surface area contributed by atoms with Crippen molar-refractivity contribution >= 4 is 24.0 Å². The van der Waals surface area contributed by atoms with Crippen LogP contribution >= 0.6 is 0 Å². The summed E-state index contributed by atoms with van der Waals surface area (Å²) in [7, 11) is 0.628. The molecule has 5 heteroatoms. The van der Waals surface area contributed by atoms with Crippen molar-refractivity contribution in [3.05, 3.63) is 18.2 Å². The number of hydrogen-bond acceptors (Lipinski definition) is 4. The number of rotatable bonds is 1. The Morgan fingerprint density at radius 1 is 1.43 bits per heavy atom. The molecule has 1 aliphatic rings. The van der Waals surface area contributed by atoms with E-state index in [1.807, 2.05) is 13.1 Å². The van der Waals surface area contributed by atoms with Crippen LogP contribution in [-0.2, 0) is 0 Å². The van der Waals surface area contributed by atoms with E-state index in [4.69, 9.17) is 10.0 Å². The van der Waals surface area contributed by atoms with Crippen LogP contribution < -0.4 is 15.7 Å². The summed E-state index contributed by atoms with van der Waals surface area (Å²) in [6, 6.07) is 5.40. The molecule has 1 heterocycles. The van der Waals surface area contributed by atoms with Gasteiger partial charge in [0.05, 0.1) is 11.4 Å². The number of benzene rings is 1. The number of fused-ring (bicyclic) bond motifs is 1. The standard InChI is InChI=1S/C9H13BN2O2/c1-12-5-4-11-8-6-7(10(13)14)2-3-9(8)12/h2-3,6,11,13-14H,4-5H2,1H3. The first-order valence-electron chi connectivity index (χ1n) is 4.63. The summed E-state index contributed by atoms with van der Waals surface area (Å²) in [4.78, 5) is 2.14. The highest BCUT2D eigenvalue weighted by atomic mass is 16.4. The fourth-order valence-corrected chi connectivity index (χ4v) is 1.67. The molecule has 0 saturated heterocycles. The Balaban J connectivity index is 2.39. The molecule has 0 bridgehead atoms. The zero-order valence-corrected chi connectivity index (χ0v) is 8.07. The number of nitrogens with zero attached hydrogens (tertiary/aromatic N) is 1. The SMILES string of the molecule is CN1CCNc2cc(B(O)O)ccc21. The van der Waals surface area contributed by atoms with Gasteiger partial charge in [-0.25, -0.2) is 0 Å². The average molecular weight is 192 g/mol. The molecule has 4 nitrogen and oxygen atoms in total. The summed E-state index contributed by atoms with van der Waals surface area (Å²) < 4.78 is 0. The maximum atomic E-state index is 9.01. The first kappa shape index (κ1) is 9.36. The molecule has 0 saturated carbocycles. The van der Waals surface area contributed by atoms with Gasteiger partial charge in [-0.2, -0.15) is 0 Å². The van der Waals surface area contributed by atoms with Crippen LogP contribution in [0.5, 0.6) is 0 Å². The molecule has 74 valence electrons. The van der Waals surface area contributed by atoms with E-state index in [-0.39, 0.29) is 0 Å². The molecule has 0 atom stereocenters. The van der Waals surface area contributed by atoms with Crippen molar-refractivity contribution in [2.24, 2.45) is 0 Å². The number of anilines is 2. The maximum absolute atomic E-state index is 9.01. The van der Waals surface area contributed by atoms with Gasteiger partial charge in [0.1, 0.15) is 0 Å². The second-order valence-corrected chi connectivity index (χ2v) is 3.50. The van der Waals surface area contributed by atoms with Crippen LogP contribution in [-0.4, -0.2) is 37.3 Å². The number of hydrogen-bond donors (Lipinski definition) is 3. The first-order chi connectivity index (χ1) is 6.68. The average Bonchev–Trinajstić information content (AvgIpc) is 2.17. The lowest BCUT2D eigenvalue weighted by Crippen LogP contribution is -2.34. The molecular weight excluding hydrogens is 179 g/mol. The number of nitrogens with one attached hydrogen (secondary N) is 1. The zero-order chi connectivity index (χ0) is 10.1. The minimum atomic E-state index is -1.39. The summed E-state index contributed by atoms with van der Waals surface area (Å²) in [6.07, 6.45) is 0. The van der Waals surface area contributed by atoms with Gasteiger partial charge in [-0.05, 0) is 17.6 Å². The quantitative estimate of drug-likeness (QED) is 0.511. The van der Waals surface area contributed by atoms with Crippen LogP contribution in [0, 0.1) is 0 Å². The Morgan fingerprint density at radius 3 is 2.93 bits per heavy atom. The van der Waals surface area contributed by atoms with E-state index in [1.165, 1.54) is 0 Å². The van der Waals surface area contributed by atoms with Crippen molar-refractivity contribution in [3.63, 3.8) is 0 Å².